The quantitative estimate of drug-likeness (QED) is 0.710. The molecule has 2 aliphatic rings. The van der Waals surface area contributed by atoms with E-state index >= 15 is 0 Å². The number of piperidine rings is 1. The summed E-state index contributed by atoms with van der Waals surface area (Å²) in [6, 6.07) is -0.417. The van der Waals surface area contributed by atoms with Crippen LogP contribution in [0.3, 0.4) is 0 Å². The molecule has 3 amide bonds. The molecule has 108 valence electrons. The molecule has 0 aromatic rings. The van der Waals surface area contributed by atoms with Gasteiger partial charge in [-0.1, -0.05) is 13.8 Å². The van der Waals surface area contributed by atoms with Gasteiger partial charge in [-0.3, -0.25) is 9.69 Å². The van der Waals surface area contributed by atoms with Crippen LogP contribution in [0.2, 0.25) is 0 Å². The van der Waals surface area contributed by atoms with Crippen LogP contribution in [0.5, 0.6) is 0 Å². The molecule has 0 aromatic heterocycles. The Balaban J connectivity index is 2.05. The summed E-state index contributed by atoms with van der Waals surface area (Å²) in [5.41, 5.74) is 5.19. The Morgan fingerprint density at radius 1 is 1.32 bits per heavy atom. The van der Waals surface area contributed by atoms with Crippen LogP contribution in [-0.2, 0) is 4.79 Å². The van der Waals surface area contributed by atoms with Gasteiger partial charge in [-0.2, -0.15) is 0 Å². The van der Waals surface area contributed by atoms with Crippen molar-refractivity contribution >= 4 is 11.9 Å². The van der Waals surface area contributed by atoms with E-state index in [0.717, 1.165) is 26.1 Å². The summed E-state index contributed by atoms with van der Waals surface area (Å²) in [6.07, 6.45) is 2.15. The second-order valence-electron chi connectivity index (χ2n) is 5.53. The smallest absolute Gasteiger partial charge is 0.325 e. The third kappa shape index (κ3) is 2.60. The number of urea groups is 1. The number of carbonyl (C=O) groups is 2. The van der Waals surface area contributed by atoms with Crippen LogP contribution in [-0.4, -0.2) is 59.5 Å². The molecule has 6 nitrogen and oxygen atoms in total. The molecule has 1 unspecified atom stereocenters. The lowest BCUT2D eigenvalue weighted by atomic mass is 9.87. The molecule has 2 fully saturated rings. The SMILES string of the molecule is CCC(N)CN1C(=O)NC2(CCN(CC)CC2)C1=O. The maximum atomic E-state index is 12.5. The van der Waals surface area contributed by atoms with Crippen molar-refractivity contribution in [2.24, 2.45) is 5.73 Å². The van der Waals surface area contributed by atoms with Gasteiger partial charge in [0.05, 0.1) is 0 Å². The van der Waals surface area contributed by atoms with E-state index in [1.165, 1.54) is 4.90 Å². The van der Waals surface area contributed by atoms with Crippen molar-refractivity contribution in [2.45, 2.75) is 44.7 Å². The van der Waals surface area contributed by atoms with E-state index in [1.807, 2.05) is 6.92 Å². The summed E-state index contributed by atoms with van der Waals surface area (Å²) < 4.78 is 0. The van der Waals surface area contributed by atoms with E-state index in [4.69, 9.17) is 5.73 Å². The molecule has 0 aliphatic carbocycles. The largest absolute Gasteiger partial charge is 0.326 e. The molecule has 0 saturated carbocycles. The van der Waals surface area contributed by atoms with Crippen LogP contribution in [0.4, 0.5) is 4.79 Å². The number of rotatable bonds is 4. The van der Waals surface area contributed by atoms with Gasteiger partial charge in [0.2, 0.25) is 0 Å². The monoisotopic (exact) mass is 268 g/mol. The van der Waals surface area contributed by atoms with Crippen LogP contribution in [0.15, 0.2) is 0 Å². The zero-order chi connectivity index (χ0) is 14.0. The van der Waals surface area contributed by atoms with Gasteiger partial charge < -0.3 is 16.0 Å². The average molecular weight is 268 g/mol. The first kappa shape index (κ1) is 14.3. The predicted molar refractivity (Wildman–Crippen MR) is 72.6 cm³/mol. The number of hydrogen-bond donors (Lipinski definition) is 2. The number of nitrogens with two attached hydrogens (primary N) is 1. The van der Waals surface area contributed by atoms with Gasteiger partial charge in [-0.05, 0) is 25.8 Å². The van der Waals surface area contributed by atoms with Crippen LogP contribution >= 0.6 is 0 Å². The summed E-state index contributed by atoms with van der Waals surface area (Å²) in [6.45, 7) is 7.09. The maximum absolute atomic E-state index is 12.5. The van der Waals surface area contributed by atoms with E-state index < -0.39 is 5.54 Å². The third-order valence-electron chi connectivity index (χ3n) is 4.34. The summed E-state index contributed by atoms with van der Waals surface area (Å²) in [5.74, 6) is -0.0860. The van der Waals surface area contributed by atoms with Crippen molar-refractivity contribution in [3.8, 4) is 0 Å². The van der Waals surface area contributed by atoms with Gasteiger partial charge in [0.1, 0.15) is 5.54 Å². The van der Waals surface area contributed by atoms with E-state index in [1.54, 1.807) is 0 Å². The number of nitrogens with zero attached hydrogens (tertiary/aromatic N) is 2. The zero-order valence-electron chi connectivity index (χ0n) is 11.8. The second-order valence-corrected chi connectivity index (χ2v) is 5.53. The Hall–Kier alpha value is -1.14. The van der Waals surface area contributed by atoms with Crippen molar-refractivity contribution in [1.82, 2.24) is 15.1 Å². The highest BCUT2D eigenvalue weighted by Crippen LogP contribution is 2.29. The Kier molecular flexibility index (Phi) is 4.10. The maximum Gasteiger partial charge on any atom is 0.325 e. The molecular weight excluding hydrogens is 244 g/mol. The summed E-state index contributed by atoms with van der Waals surface area (Å²) in [5, 5.41) is 2.90. The minimum Gasteiger partial charge on any atom is -0.326 e. The van der Waals surface area contributed by atoms with Gasteiger partial charge in [-0.25, -0.2) is 4.79 Å². The molecule has 2 heterocycles. The number of likely N-dealkylation sites (tertiary alicyclic amines) is 1. The highest BCUT2D eigenvalue weighted by atomic mass is 16.2. The van der Waals surface area contributed by atoms with Crippen molar-refractivity contribution in [1.29, 1.82) is 0 Å². The van der Waals surface area contributed by atoms with E-state index in [-0.39, 0.29) is 18.0 Å². The molecule has 0 bridgehead atoms. The summed E-state index contributed by atoms with van der Waals surface area (Å²) >= 11 is 0. The molecule has 0 aromatic carbocycles. The lowest BCUT2D eigenvalue weighted by molar-refractivity contribution is -0.133. The Bertz CT molecular complexity index is 364. The molecular formula is C13H24N4O2. The fraction of sp³-hybridized carbons (Fsp3) is 0.846. The zero-order valence-corrected chi connectivity index (χ0v) is 11.8. The number of imide groups is 1. The highest BCUT2D eigenvalue weighted by molar-refractivity contribution is 6.07. The molecule has 6 heteroatoms. The molecule has 19 heavy (non-hydrogen) atoms. The fourth-order valence-electron chi connectivity index (χ4n) is 2.80. The number of carbonyl (C=O) groups excluding carboxylic acids is 2. The van der Waals surface area contributed by atoms with Gasteiger partial charge in [-0.15, -0.1) is 0 Å². The Morgan fingerprint density at radius 3 is 2.47 bits per heavy atom. The standard InChI is InChI=1S/C13H24N4O2/c1-3-10(14)9-17-11(18)13(15-12(17)19)5-7-16(4-2)8-6-13/h10H,3-9,14H2,1-2H3,(H,15,19). The number of amides is 3. The molecule has 2 saturated heterocycles. The lowest BCUT2D eigenvalue weighted by Crippen LogP contribution is -2.55. The molecule has 0 radical (unpaired) electrons. The van der Waals surface area contributed by atoms with Gasteiger partial charge in [0.25, 0.3) is 5.91 Å². The van der Waals surface area contributed by atoms with E-state index in [2.05, 4.69) is 17.1 Å². The van der Waals surface area contributed by atoms with Crippen LogP contribution in [0, 0.1) is 0 Å². The second kappa shape index (κ2) is 5.46. The van der Waals surface area contributed by atoms with Crippen molar-refractivity contribution in [3.63, 3.8) is 0 Å². The lowest BCUT2D eigenvalue weighted by Gasteiger charge is -2.36. The number of hydrogen-bond acceptors (Lipinski definition) is 4. The first-order valence-corrected chi connectivity index (χ1v) is 7.14. The third-order valence-corrected chi connectivity index (χ3v) is 4.34. The molecule has 2 aliphatic heterocycles. The topological polar surface area (TPSA) is 78.7 Å². The first-order chi connectivity index (χ1) is 9.02. The normalized spacial score (nSPS) is 24.9. The van der Waals surface area contributed by atoms with Crippen molar-refractivity contribution < 1.29 is 9.59 Å². The molecule has 1 spiro atoms. The van der Waals surface area contributed by atoms with Crippen molar-refractivity contribution in [2.75, 3.05) is 26.2 Å². The van der Waals surface area contributed by atoms with Gasteiger partial charge in [0, 0.05) is 25.7 Å². The minimum atomic E-state index is -0.670. The number of nitrogens with one attached hydrogen (secondary N) is 1. The predicted octanol–water partition coefficient (Wildman–Crippen LogP) is 0.130. The van der Waals surface area contributed by atoms with E-state index in [9.17, 15) is 9.59 Å². The van der Waals surface area contributed by atoms with E-state index in [0.29, 0.717) is 19.4 Å². The van der Waals surface area contributed by atoms with Gasteiger partial charge >= 0.3 is 6.03 Å². The first-order valence-electron chi connectivity index (χ1n) is 7.14. The van der Waals surface area contributed by atoms with Gasteiger partial charge in [0.15, 0.2) is 0 Å². The summed E-state index contributed by atoms with van der Waals surface area (Å²) in [7, 11) is 0. The van der Waals surface area contributed by atoms with Crippen LogP contribution < -0.4 is 11.1 Å². The molecule has 1 atom stereocenters. The fourth-order valence-corrected chi connectivity index (χ4v) is 2.80. The Labute approximate surface area is 114 Å². The molecule has 3 N–H and O–H groups in total. The van der Waals surface area contributed by atoms with Crippen LogP contribution in [0.25, 0.3) is 0 Å². The molecule has 2 rings (SSSR count). The Morgan fingerprint density at radius 2 is 1.95 bits per heavy atom. The highest BCUT2D eigenvalue weighted by Gasteiger charge is 2.52. The average Bonchev–Trinajstić information content (AvgIpc) is 2.64. The minimum absolute atomic E-state index is 0.0860. The van der Waals surface area contributed by atoms with Crippen LogP contribution in [0.1, 0.15) is 33.1 Å². The summed E-state index contributed by atoms with van der Waals surface area (Å²) in [4.78, 5) is 28.1. The van der Waals surface area contributed by atoms with Crippen molar-refractivity contribution in [3.05, 3.63) is 0 Å².